The highest BCUT2D eigenvalue weighted by Gasteiger charge is 2.11. The molecule has 0 saturated heterocycles. The zero-order chi connectivity index (χ0) is 24.4. The summed E-state index contributed by atoms with van der Waals surface area (Å²) in [6.07, 6.45) is 2.60. The number of hydrogen-bond acceptors (Lipinski definition) is 6. The van der Waals surface area contributed by atoms with E-state index in [0.717, 1.165) is 34.3 Å². The summed E-state index contributed by atoms with van der Waals surface area (Å²) >= 11 is 1.38. The summed E-state index contributed by atoms with van der Waals surface area (Å²) in [6, 6.07) is 19.5. The number of imidazole rings is 1. The van der Waals surface area contributed by atoms with Crippen molar-refractivity contribution in [2.75, 3.05) is 20.3 Å². The Morgan fingerprint density at radius 1 is 0.943 bits per heavy atom. The van der Waals surface area contributed by atoms with E-state index in [9.17, 15) is 4.79 Å². The number of rotatable bonds is 8. The summed E-state index contributed by atoms with van der Waals surface area (Å²) in [5.41, 5.74) is 4.74. The summed E-state index contributed by atoms with van der Waals surface area (Å²) in [5.74, 6) is 2.19. The molecule has 178 valence electrons. The SMILES string of the molecule is COc1cc(/C=c2\sc3nc4ccccc4n3c2=O)ccc1OCCCOc1cc(C)ccc1C. The summed E-state index contributed by atoms with van der Waals surface area (Å²) < 4.78 is 19.7. The molecule has 0 amide bonds. The maximum Gasteiger partial charge on any atom is 0.274 e. The van der Waals surface area contributed by atoms with Gasteiger partial charge in [0.05, 0.1) is 35.9 Å². The van der Waals surface area contributed by atoms with Crippen LogP contribution in [-0.2, 0) is 0 Å². The quantitative estimate of drug-likeness (QED) is 0.291. The topological polar surface area (TPSA) is 62.1 Å². The summed E-state index contributed by atoms with van der Waals surface area (Å²) in [7, 11) is 1.61. The van der Waals surface area contributed by atoms with Crippen molar-refractivity contribution in [3.8, 4) is 17.2 Å². The van der Waals surface area contributed by atoms with Gasteiger partial charge in [0, 0.05) is 6.42 Å². The Balaban J connectivity index is 1.28. The van der Waals surface area contributed by atoms with Gasteiger partial charge in [0.25, 0.3) is 5.56 Å². The molecule has 0 spiro atoms. The molecule has 6 nitrogen and oxygen atoms in total. The Labute approximate surface area is 207 Å². The molecule has 7 heteroatoms. The minimum Gasteiger partial charge on any atom is -0.493 e. The van der Waals surface area contributed by atoms with E-state index < -0.39 is 0 Å². The number of hydrogen-bond donors (Lipinski definition) is 0. The van der Waals surface area contributed by atoms with Crippen LogP contribution in [0.5, 0.6) is 17.2 Å². The smallest absolute Gasteiger partial charge is 0.274 e. The first kappa shape index (κ1) is 22.9. The number of methoxy groups -OCH3 is 1. The van der Waals surface area contributed by atoms with Crippen LogP contribution >= 0.6 is 11.3 Å². The third-order valence-electron chi connectivity index (χ3n) is 5.78. The zero-order valence-corrected chi connectivity index (χ0v) is 20.7. The Kier molecular flexibility index (Phi) is 6.42. The van der Waals surface area contributed by atoms with Gasteiger partial charge in [-0.1, -0.05) is 41.7 Å². The Morgan fingerprint density at radius 2 is 1.74 bits per heavy atom. The molecule has 0 aliphatic heterocycles. The second-order valence-electron chi connectivity index (χ2n) is 8.36. The average Bonchev–Trinajstić information content (AvgIpc) is 3.37. The minimum atomic E-state index is -0.0677. The molecule has 0 bridgehead atoms. The normalized spacial score (nSPS) is 11.9. The van der Waals surface area contributed by atoms with Crippen LogP contribution < -0.4 is 24.3 Å². The second kappa shape index (κ2) is 9.80. The van der Waals surface area contributed by atoms with Gasteiger partial charge in [0.1, 0.15) is 5.75 Å². The van der Waals surface area contributed by atoms with E-state index in [1.807, 2.05) is 55.5 Å². The van der Waals surface area contributed by atoms with E-state index in [-0.39, 0.29) is 5.56 Å². The molecule has 2 aromatic heterocycles. The molecule has 5 rings (SSSR count). The molecular weight excluding hydrogens is 460 g/mol. The molecule has 2 heterocycles. The van der Waals surface area contributed by atoms with Crippen molar-refractivity contribution in [2.24, 2.45) is 0 Å². The lowest BCUT2D eigenvalue weighted by atomic mass is 10.1. The van der Waals surface area contributed by atoms with Crippen LogP contribution in [0.2, 0.25) is 0 Å². The molecule has 0 aliphatic carbocycles. The third-order valence-corrected chi connectivity index (χ3v) is 6.75. The van der Waals surface area contributed by atoms with Gasteiger partial charge in [-0.2, -0.15) is 0 Å². The van der Waals surface area contributed by atoms with Crippen molar-refractivity contribution < 1.29 is 14.2 Å². The first-order valence-corrected chi connectivity index (χ1v) is 12.3. The molecule has 35 heavy (non-hydrogen) atoms. The lowest BCUT2D eigenvalue weighted by Gasteiger charge is -2.13. The molecule has 0 N–H and O–H groups in total. The van der Waals surface area contributed by atoms with Gasteiger partial charge in [-0.15, -0.1) is 0 Å². The largest absolute Gasteiger partial charge is 0.493 e. The van der Waals surface area contributed by atoms with Crippen LogP contribution in [0.4, 0.5) is 0 Å². The molecular formula is C28H26N2O4S. The van der Waals surface area contributed by atoms with Crippen molar-refractivity contribution in [1.82, 2.24) is 9.38 Å². The molecule has 5 aromatic rings. The van der Waals surface area contributed by atoms with Crippen molar-refractivity contribution in [3.63, 3.8) is 0 Å². The average molecular weight is 487 g/mol. The van der Waals surface area contributed by atoms with E-state index in [1.165, 1.54) is 16.9 Å². The molecule has 0 fully saturated rings. The van der Waals surface area contributed by atoms with Gasteiger partial charge in [0.2, 0.25) is 0 Å². The van der Waals surface area contributed by atoms with E-state index in [4.69, 9.17) is 14.2 Å². The fourth-order valence-corrected chi connectivity index (χ4v) is 4.93. The van der Waals surface area contributed by atoms with Crippen LogP contribution in [-0.4, -0.2) is 29.7 Å². The zero-order valence-electron chi connectivity index (χ0n) is 19.9. The second-order valence-corrected chi connectivity index (χ2v) is 9.37. The number of thiazole rings is 1. The summed E-state index contributed by atoms with van der Waals surface area (Å²) in [4.78, 5) is 18.3. The van der Waals surface area contributed by atoms with Crippen LogP contribution in [0.15, 0.2) is 65.5 Å². The number of nitrogens with zero attached hydrogens (tertiary/aromatic N) is 2. The number of ether oxygens (including phenoxy) is 3. The molecule has 0 unspecified atom stereocenters. The van der Waals surface area contributed by atoms with Crippen LogP contribution in [0.25, 0.3) is 22.1 Å². The van der Waals surface area contributed by atoms with E-state index >= 15 is 0 Å². The fourth-order valence-electron chi connectivity index (χ4n) is 3.94. The highest BCUT2D eigenvalue weighted by molar-refractivity contribution is 7.15. The molecule has 0 radical (unpaired) electrons. The number of fused-ring (bicyclic) bond motifs is 3. The van der Waals surface area contributed by atoms with Gasteiger partial charge in [0.15, 0.2) is 16.5 Å². The molecule has 0 atom stereocenters. The lowest BCUT2D eigenvalue weighted by Crippen LogP contribution is -2.22. The first-order valence-electron chi connectivity index (χ1n) is 11.5. The van der Waals surface area contributed by atoms with Gasteiger partial charge in [-0.05, 0) is 66.9 Å². The summed E-state index contributed by atoms with van der Waals surface area (Å²) in [6.45, 7) is 5.17. The highest BCUT2D eigenvalue weighted by atomic mass is 32.1. The summed E-state index contributed by atoms with van der Waals surface area (Å²) in [5, 5.41) is 0. The number of benzene rings is 3. The predicted octanol–water partition coefficient (Wildman–Crippen LogP) is 4.93. The van der Waals surface area contributed by atoms with E-state index in [1.54, 1.807) is 11.5 Å². The molecule has 0 saturated carbocycles. The van der Waals surface area contributed by atoms with Crippen LogP contribution in [0.1, 0.15) is 23.1 Å². The molecule has 0 aliphatic rings. The van der Waals surface area contributed by atoms with Gasteiger partial charge in [-0.3, -0.25) is 4.79 Å². The van der Waals surface area contributed by atoms with Crippen molar-refractivity contribution in [3.05, 3.63) is 92.2 Å². The molecule has 3 aromatic carbocycles. The first-order chi connectivity index (χ1) is 17.0. The fraction of sp³-hybridized carbons (Fsp3) is 0.214. The van der Waals surface area contributed by atoms with Crippen molar-refractivity contribution in [1.29, 1.82) is 0 Å². The third kappa shape index (κ3) is 4.72. The van der Waals surface area contributed by atoms with Gasteiger partial charge < -0.3 is 14.2 Å². The van der Waals surface area contributed by atoms with E-state index in [2.05, 4.69) is 30.1 Å². The Hall–Kier alpha value is -3.84. The highest BCUT2D eigenvalue weighted by Crippen LogP contribution is 2.28. The predicted molar refractivity (Wildman–Crippen MR) is 140 cm³/mol. The van der Waals surface area contributed by atoms with E-state index in [0.29, 0.717) is 34.2 Å². The number of aryl methyl sites for hydroxylation is 2. The van der Waals surface area contributed by atoms with Crippen LogP contribution in [0, 0.1) is 13.8 Å². The Bertz CT molecular complexity index is 1620. The monoisotopic (exact) mass is 486 g/mol. The number of aromatic nitrogens is 2. The van der Waals surface area contributed by atoms with Gasteiger partial charge >= 0.3 is 0 Å². The van der Waals surface area contributed by atoms with Crippen molar-refractivity contribution in [2.45, 2.75) is 20.3 Å². The maximum atomic E-state index is 13.0. The lowest BCUT2D eigenvalue weighted by molar-refractivity contribution is 0.239. The van der Waals surface area contributed by atoms with Crippen LogP contribution in [0.3, 0.4) is 0 Å². The maximum absolute atomic E-state index is 13.0. The standard InChI is InChI=1S/C28H26N2O4S/c1-18-9-10-19(2)24(15-18)34-14-6-13-33-23-12-11-20(16-25(23)32-3)17-26-27(31)30-22-8-5-4-7-21(22)29-28(30)35-26/h4-5,7-12,15-17H,6,13-14H2,1-3H3/b26-17-. The minimum absolute atomic E-state index is 0.0677. The number of para-hydroxylation sites is 2. The van der Waals surface area contributed by atoms with Crippen molar-refractivity contribution >= 4 is 33.4 Å². The van der Waals surface area contributed by atoms with Gasteiger partial charge in [-0.25, -0.2) is 9.38 Å². The Morgan fingerprint density at radius 3 is 2.57 bits per heavy atom.